The quantitative estimate of drug-likeness (QED) is 0.772. The lowest BCUT2D eigenvalue weighted by Gasteiger charge is -2.13. The van der Waals surface area contributed by atoms with E-state index >= 15 is 0 Å². The van der Waals surface area contributed by atoms with E-state index in [4.69, 9.17) is 10.5 Å². The molecule has 0 fully saturated rings. The van der Waals surface area contributed by atoms with Gasteiger partial charge in [-0.25, -0.2) is 0 Å². The molecule has 74 valence electrons. The molecule has 2 N–H and O–H groups in total. The van der Waals surface area contributed by atoms with E-state index in [2.05, 4.69) is 4.98 Å². The molecule has 2 heterocycles. The van der Waals surface area contributed by atoms with Gasteiger partial charge in [0.25, 0.3) is 0 Å². The van der Waals surface area contributed by atoms with Crippen molar-refractivity contribution in [2.75, 3.05) is 6.61 Å². The van der Waals surface area contributed by atoms with Crippen LogP contribution in [0.2, 0.25) is 0 Å². The second-order valence-electron chi connectivity index (χ2n) is 3.52. The van der Waals surface area contributed by atoms with Gasteiger partial charge in [0.15, 0.2) is 0 Å². The highest BCUT2D eigenvalue weighted by Crippen LogP contribution is 2.23. The monoisotopic (exact) mass is 190 g/mol. The third kappa shape index (κ3) is 1.77. The maximum Gasteiger partial charge on any atom is 0.113 e. The van der Waals surface area contributed by atoms with Crippen LogP contribution in [0, 0.1) is 6.92 Å². The molecule has 1 unspecified atom stereocenters. The molecule has 0 saturated heterocycles. The summed E-state index contributed by atoms with van der Waals surface area (Å²) < 4.78 is 5.42. The molecule has 1 aliphatic heterocycles. The van der Waals surface area contributed by atoms with Gasteiger partial charge >= 0.3 is 0 Å². The van der Waals surface area contributed by atoms with Gasteiger partial charge in [0, 0.05) is 18.8 Å². The van der Waals surface area contributed by atoms with E-state index in [0.717, 1.165) is 29.9 Å². The fraction of sp³-hybridized carbons (Fsp3) is 0.364. The summed E-state index contributed by atoms with van der Waals surface area (Å²) in [5.41, 5.74) is 8.17. The number of hydrogen-bond donors (Lipinski definition) is 1. The number of rotatable bonds is 2. The van der Waals surface area contributed by atoms with Crippen LogP contribution in [-0.2, 0) is 4.74 Å². The third-order valence-corrected chi connectivity index (χ3v) is 2.29. The molecule has 1 aromatic rings. The van der Waals surface area contributed by atoms with Gasteiger partial charge in [-0.1, -0.05) is 6.07 Å². The number of aryl methyl sites for hydroxylation is 1. The van der Waals surface area contributed by atoms with Crippen molar-refractivity contribution in [1.29, 1.82) is 0 Å². The van der Waals surface area contributed by atoms with Crippen molar-refractivity contribution in [3.05, 3.63) is 41.4 Å². The molecule has 0 spiro atoms. The Labute approximate surface area is 83.6 Å². The molecule has 3 heteroatoms. The van der Waals surface area contributed by atoms with Gasteiger partial charge in [-0.05, 0) is 24.1 Å². The highest BCUT2D eigenvalue weighted by Gasteiger charge is 2.16. The van der Waals surface area contributed by atoms with Gasteiger partial charge in [-0.15, -0.1) is 0 Å². The first kappa shape index (κ1) is 9.21. The van der Waals surface area contributed by atoms with E-state index in [1.807, 2.05) is 25.3 Å². The molecule has 0 radical (unpaired) electrons. The molecule has 0 aromatic carbocycles. The Bertz CT molecular complexity index is 360. The van der Waals surface area contributed by atoms with Crippen molar-refractivity contribution in [2.24, 2.45) is 5.73 Å². The molecule has 0 aliphatic carbocycles. The predicted octanol–water partition coefficient (Wildman–Crippen LogP) is 1.69. The average molecular weight is 190 g/mol. The van der Waals surface area contributed by atoms with Gasteiger partial charge < -0.3 is 10.5 Å². The number of aromatic nitrogens is 1. The molecular weight excluding hydrogens is 176 g/mol. The molecular formula is C11H14N2O. The van der Waals surface area contributed by atoms with Crippen LogP contribution in [0.15, 0.2) is 30.3 Å². The first-order valence-electron chi connectivity index (χ1n) is 4.77. The van der Waals surface area contributed by atoms with Crippen molar-refractivity contribution in [3.8, 4) is 0 Å². The van der Waals surface area contributed by atoms with Gasteiger partial charge in [-0.2, -0.15) is 0 Å². The summed E-state index contributed by atoms with van der Waals surface area (Å²) in [7, 11) is 0. The van der Waals surface area contributed by atoms with Crippen LogP contribution in [0.4, 0.5) is 0 Å². The number of ether oxygens (including phenoxy) is 1. The van der Waals surface area contributed by atoms with Crippen molar-refractivity contribution in [2.45, 2.75) is 19.4 Å². The molecule has 1 atom stereocenters. The fourth-order valence-electron chi connectivity index (χ4n) is 1.57. The molecule has 0 amide bonds. The number of pyridine rings is 1. The Balaban J connectivity index is 2.22. The predicted molar refractivity (Wildman–Crippen MR) is 54.6 cm³/mol. The first-order valence-corrected chi connectivity index (χ1v) is 4.77. The number of hydrogen-bond acceptors (Lipinski definition) is 3. The zero-order valence-corrected chi connectivity index (χ0v) is 8.23. The molecule has 2 rings (SSSR count). The summed E-state index contributed by atoms with van der Waals surface area (Å²) in [6.45, 7) is 2.76. The highest BCUT2D eigenvalue weighted by molar-refractivity contribution is 5.26. The summed E-state index contributed by atoms with van der Waals surface area (Å²) in [4.78, 5) is 4.11. The Hall–Kier alpha value is -1.35. The Morgan fingerprint density at radius 3 is 3.00 bits per heavy atom. The maximum atomic E-state index is 6.04. The first-order chi connectivity index (χ1) is 6.77. The average Bonchev–Trinajstić information content (AvgIpc) is 2.69. The molecule has 0 saturated carbocycles. The van der Waals surface area contributed by atoms with Crippen LogP contribution < -0.4 is 5.73 Å². The highest BCUT2D eigenvalue weighted by atomic mass is 16.5. The van der Waals surface area contributed by atoms with Crippen LogP contribution in [0.3, 0.4) is 0 Å². The summed E-state index contributed by atoms with van der Waals surface area (Å²) in [5, 5.41) is 0. The Morgan fingerprint density at radius 2 is 2.36 bits per heavy atom. The zero-order valence-electron chi connectivity index (χ0n) is 8.23. The van der Waals surface area contributed by atoms with Gasteiger partial charge in [0.05, 0.1) is 12.6 Å². The van der Waals surface area contributed by atoms with Gasteiger partial charge in [0.1, 0.15) is 5.76 Å². The van der Waals surface area contributed by atoms with Crippen molar-refractivity contribution in [1.82, 2.24) is 4.98 Å². The molecule has 1 aliphatic rings. The number of nitrogens with zero attached hydrogens (tertiary/aromatic N) is 1. The van der Waals surface area contributed by atoms with Crippen LogP contribution in [0.5, 0.6) is 0 Å². The second-order valence-corrected chi connectivity index (χ2v) is 3.52. The molecule has 14 heavy (non-hydrogen) atoms. The lowest BCUT2D eigenvalue weighted by Crippen LogP contribution is -2.14. The lowest BCUT2D eigenvalue weighted by molar-refractivity contribution is 0.225. The summed E-state index contributed by atoms with van der Waals surface area (Å²) in [6, 6.07) is 1.88. The second kappa shape index (κ2) is 3.80. The van der Waals surface area contributed by atoms with E-state index in [1.54, 1.807) is 6.20 Å². The third-order valence-electron chi connectivity index (χ3n) is 2.29. The van der Waals surface area contributed by atoms with Crippen molar-refractivity contribution >= 4 is 0 Å². The largest absolute Gasteiger partial charge is 0.496 e. The number of nitrogens with two attached hydrogens (primary N) is 1. The smallest absolute Gasteiger partial charge is 0.113 e. The molecule has 0 bridgehead atoms. The molecule has 1 aromatic heterocycles. The van der Waals surface area contributed by atoms with E-state index in [1.165, 1.54) is 0 Å². The maximum absolute atomic E-state index is 6.04. The Kier molecular flexibility index (Phi) is 2.50. The molecule has 3 nitrogen and oxygen atoms in total. The van der Waals surface area contributed by atoms with Crippen LogP contribution in [-0.4, -0.2) is 11.6 Å². The Morgan fingerprint density at radius 1 is 1.50 bits per heavy atom. The van der Waals surface area contributed by atoms with Crippen LogP contribution >= 0.6 is 0 Å². The minimum Gasteiger partial charge on any atom is -0.496 e. The van der Waals surface area contributed by atoms with E-state index in [0.29, 0.717) is 0 Å². The SMILES string of the molecule is Cc1cncc(C(N)C2=CCCO2)c1. The topological polar surface area (TPSA) is 48.1 Å². The van der Waals surface area contributed by atoms with E-state index in [-0.39, 0.29) is 6.04 Å². The minimum atomic E-state index is -0.162. The van der Waals surface area contributed by atoms with Crippen LogP contribution in [0.1, 0.15) is 23.6 Å². The zero-order chi connectivity index (χ0) is 9.97. The van der Waals surface area contributed by atoms with E-state index < -0.39 is 0 Å². The van der Waals surface area contributed by atoms with Crippen LogP contribution in [0.25, 0.3) is 0 Å². The fourth-order valence-corrected chi connectivity index (χ4v) is 1.57. The van der Waals surface area contributed by atoms with Gasteiger partial charge in [0.2, 0.25) is 0 Å². The lowest BCUT2D eigenvalue weighted by atomic mass is 10.1. The summed E-state index contributed by atoms with van der Waals surface area (Å²) >= 11 is 0. The van der Waals surface area contributed by atoms with Crippen molar-refractivity contribution in [3.63, 3.8) is 0 Å². The van der Waals surface area contributed by atoms with Crippen molar-refractivity contribution < 1.29 is 4.74 Å². The summed E-state index contributed by atoms with van der Waals surface area (Å²) in [5.74, 6) is 0.873. The van der Waals surface area contributed by atoms with E-state index in [9.17, 15) is 0 Å². The minimum absolute atomic E-state index is 0.162. The summed E-state index contributed by atoms with van der Waals surface area (Å²) in [6.07, 6.45) is 6.62. The normalized spacial score (nSPS) is 17.4. The van der Waals surface area contributed by atoms with Gasteiger partial charge in [-0.3, -0.25) is 4.98 Å². The standard InChI is InChI=1S/C11H14N2O/c1-8-5-9(7-13-6-8)11(12)10-3-2-4-14-10/h3,5-7,11H,2,4,12H2,1H3.